The van der Waals surface area contributed by atoms with Crippen molar-refractivity contribution in [2.24, 2.45) is 5.92 Å². The van der Waals surface area contributed by atoms with E-state index in [1.54, 1.807) is 0 Å². The lowest BCUT2D eigenvalue weighted by Gasteiger charge is -2.13. The molecule has 2 nitrogen and oxygen atoms in total. The number of nitrogens with zero attached hydrogens (tertiary/aromatic N) is 1. The summed E-state index contributed by atoms with van der Waals surface area (Å²) in [6, 6.07) is 2.74. The SMILES string of the molecule is CC(C(=O)c1cccnc1)C(F)(F)F. The molecule has 0 N–H and O–H groups in total. The van der Waals surface area contributed by atoms with Gasteiger partial charge in [-0.15, -0.1) is 0 Å². The van der Waals surface area contributed by atoms with Gasteiger partial charge < -0.3 is 0 Å². The van der Waals surface area contributed by atoms with Gasteiger partial charge in [-0.05, 0) is 19.1 Å². The maximum absolute atomic E-state index is 12.1. The standard InChI is InChI=1S/C9H8F3NO/c1-6(9(10,11)12)8(14)7-3-2-4-13-5-7/h2-6H,1H3. The molecule has 1 aromatic rings. The second-order valence-corrected chi connectivity index (χ2v) is 2.87. The summed E-state index contributed by atoms with van der Waals surface area (Å²) in [5, 5.41) is 0. The summed E-state index contributed by atoms with van der Waals surface area (Å²) >= 11 is 0. The molecule has 1 rings (SSSR count). The van der Waals surface area contributed by atoms with Crippen LogP contribution in [0.3, 0.4) is 0 Å². The maximum Gasteiger partial charge on any atom is 0.398 e. The molecule has 0 aliphatic rings. The summed E-state index contributed by atoms with van der Waals surface area (Å²) in [5.74, 6) is -2.93. The Morgan fingerprint density at radius 1 is 1.50 bits per heavy atom. The number of hydrogen-bond acceptors (Lipinski definition) is 2. The lowest BCUT2D eigenvalue weighted by molar-refractivity contribution is -0.155. The Balaban J connectivity index is 2.87. The molecule has 0 amide bonds. The third kappa shape index (κ3) is 2.31. The number of hydrogen-bond donors (Lipinski definition) is 0. The van der Waals surface area contributed by atoms with Crippen LogP contribution in [-0.2, 0) is 0 Å². The zero-order valence-corrected chi connectivity index (χ0v) is 7.38. The van der Waals surface area contributed by atoms with Crippen LogP contribution >= 0.6 is 0 Å². The third-order valence-electron chi connectivity index (χ3n) is 1.83. The van der Waals surface area contributed by atoms with Crippen molar-refractivity contribution in [3.63, 3.8) is 0 Å². The molecule has 0 saturated carbocycles. The summed E-state index contributed by atoms with van der Waals surface area (Å²) in [7, 11) is 0. The Morgan fingerprint density at radius 2 is 2.14 bits per heavy atom. The predicted molar refractivity (Wildman–Crippen MR) is 43.8 cm³/mol. The largest absolute Gasteiger partial charge is 0.398 e. The molecule has 1 heterocycles. The van der Waals surface area contributed by atoms with E-state index in [2.05, 4.69) is 4.98 Å². The predicted octanol–water partition coefficient (Wildman–Crippen LogP) is 2.46. The molecule has 0 saturated heterocycles. The summed E-state index contributed by atoms with van der Waals surface area (Å²) in [5.41, 5.74) is -0.0164. The van der Waals surface area contributed by atoms with E-state index < -0.39 is 17.9 Å². The zero-order chi connectivity index (χ0) is 10.8. The van der Waals surface area contributed by atoms with Gasteiger partial charge in [0.15, 0.2) is 5.78 Å². The van der Waals surface area contributed by atoms with Crippen molar-refractivity contribution >= 4 is 5.78 Å². The fourth-order valence-corrected chi connectivity index (χ4v) is 0.907. The molecule has 0 spiro atoms. The van der Waals surface area contributed by atoms with Gasteiger partial charge in [-0.2, -0.15) is 13.2 Å². The van der Waals surface area contributed by atoms with E-state index in [0.717, 1.165) is 13.1 Å². The number of pyridine rings is 1. The molecule has 0 aliphatic heterocycles. The van der Waals surface area contributed by atoms with Crippen LogP contribution in [0.1, 0.15) is 17.3 Å². The number of carbonyl (C=O) groups excluding carboxylic acids is 1. The van der Waals surface area contributed by atoms with Crippen molar-refractivity contribution in [1.82, 2.24) is 4.98 Å². The first-order valence-corrected chi connectivity index (χ1v) is 3.94. The molecule has 0 aromatic carbocycles. The van der Waals surface area contributed by atoms with Crippen LogP contribution in [0.2, 0.25) is 0 Å². The van der Waals surface area contributed by atoms with Gasteiger partial charge in [0.2, 0.25) is 0 Å². The van der Waals surface area contributed by atoms with Gasteiger partial charge in [0, 0.05) is 18.0 Å². The van der Waals surface area contributed by atoms with Crippen LogP contribution in [0, 0.1) is 5.92 Å². The van der Waals surface area contributed by atoms with Gasteiger partial charge in [0.25, 0.3) is 0 Å². The minimum absolute atomic E-state index is 0.0164. The first-order chi connectivity index (χ1) is 6.43. The highest BCUT2D eigenvalue weighted by Gasteiger charge is 2.41. The molecule has 0 aliphatic carbocycles. The molecule has 0 fully saturated rings. The highest BCUT2D eigenvalue weighted by Crippen LogP contribution is 2.28. The normalized spacial score (nSPS) is 13.7. The molecule has 76 valence electrons. The molecule has 1 unspecified atom stereocenters. The van der Waals surface area contributed by atoms with Gasteiger partial charge in [0.05, 0.1) is 0 Å². The Bertz CT molecular complexity index is 321. The number of rotatable bonds is 2. The maximum atomic E-state index is 12.1. The van der Waals surface area contributed by atoms with E-state index in [9.17, 15) is 18.0 Å². The third-order valence-corrected chi connectivity index (χ3v) is 1.83. The first kappa shape index (κ1) is 10.7. The van der Waals surface area contributed by atoms with Crippen LogP contribution in [0.5, 0.6) is 0 Å². The molecule has 14 heavy (non-hydrogen) atoms. The highest BCUT2D eigenvalue weighted by atomic mass is 19.4. The van der Waals surface area contributed by atoms with Crippen molar-refractivity contribution in [2.75, 3.05) is 0 Å². The second-order valence-electron chi connectivity index (χ2n) is 2.87. The van der Waals surface area contributed by atoms with Gasteiger partial charge >= 0.3 is 6.18 Å². The van der Waals surface area contributed by atoms with E-state index in [0.29, 0.717) is 0 Å². The Hall–Kier alpha value is -1.39. The Morgan fingerprint density at radius 3 is 2.57 bits per heavy atom. The molecule has 1 atom stereocenters. The molecule has 5 heteroatoms. The lowest BCUT2D eigenvalue weighted by Crippen LogP contribution is -2.28. The van der Waals surface area contributed by atoms with Crippen LogP contribution in [0.15, 0.2) is 24.5 Å². The number of aromatic nitrogens is 1. The molecular weight excluding hydrogens is 195 g/mol. The number of carbonyl (C=O) groups is 1. The fourth-order valence-electron chi connectivity index (χ4n) is 0.907. The summed E-state index contributed by atoms with van der Waals surface area (Å²) in [6.07, 6.45) is -1.97. The Labute approximate surface area is 78.8 Å². The number of alkyl halides is 3. The summed E-state index contributed by atoms with van der Waals surface area (Å²) in [6.45, 7) is 0.843. The van der Waals surface area contributed by atoms with Crippen molar-refractivity contribution < 1.29 is 18.0 Å². The summed E-state index contributed by atoms with van der Waals surface area (Å²) < 4.78 is 36.4. The average molecular weight is 203 g/mol. The minimum atomic E-state index is -4.49. The van der Waals surface area contributed by atoms with Crippen molar-refractivity contribution in [2.45, 2.75) is 13.1 Å². The molecule has 0 radical (unpaired) electrons. The first-order valence-electron chi connectivity index (χ1n) is 3.94. The van der Waals surface area contributed by atoms with E-state index in [-0.39, 0.29) is 5.56 Å². The smallest absolute Gasteiger partial charge is 0.293 e. The van der Waals surface area contributed by atoms with Crippen LogP contribution in [-0.4, -0.2) is 16.9 Å². The van der Waals surface area contributed by atoms with Crippen molar-refractivity contribution in [3.05, 3.63) is 30.1 Å². The topological polar surface area (TPSA) is 30.0 Å². The number of ketones is 1. The van der Waals surface area contributed by atoms with Crippen LogP contribution in [0.25, 0.3) is 0 Å². The minimum Gasteiger partial charge on any atom is -0.293 e. The van der Waals surface area contributed by atoms with Gasteiger partial charge in [0.1, 0.15) is 5.92 Å². The molecule has 0 bridgehead atoms. The average Bonchev–Trinajstić information content (AvgIpc) is 2.15. The number of Topliss-reactive ketones (excluding diaryl/α,β-unsaturated/α-hetero) is 1. The van der Waals surface area contributed by atoms with Crippen molar-refractivity contribution in [3.8, 4) is 0 Å². The lowest BCUT2D eigenvalue weighted by atomic mass is 10.0. The van der Waals surface area contributed by atoms with Crippen LogP contribution in [0.4, 0.5) is 13.2 Å². The second kappa shape index (κ2) is 3.77. The highest BCUT2D eigenvalue weighted by molar-refractivity contribution is 5.97. The zero-order valence-electron chi connectivity index (χ0n) is 7.38. The van der Waals surface area contributed by atoms with E-state index in [1.165, 1.54) is 18.3 Å². The molecular formula is C9H8F3NO. The fraction of sp³-hybridized carbons (Fsp3) is 0.333. The number of halogens is 3. The van der Waals surface area contributed by atoms with Gasteiger partial charge in [-0.1, -0.05) is 0 Å². The quantitative estimate of drug-likeness (QED) is 0.691. The van der Waals surface area contributed by atoms with Crippen molar-refractivity contribution in [1.29, 1.82) is 0 Å². The molecule has 1 aromatic heterocycles. The Kier molecular flexibility index (Phi) is 2.88. The summed E-state index contributed by atoms with van der Waals surface area (Å²) in [4.78, 5) is 14.8. The van der Waals surface area contributed by atoms with Crippen LogP contribution < -0.4 is 0 Å². The van der Waals surface area contributed by atoms with E-state index in [4.69, 9.17) is 0 Å². The monoisotopic (exact) mass is 203 g/mol. The van der Waals surface area contributed by atoms with E-state index in [1.807, 2.05) is 0 Å². The van der Waals surface area contributed by atoms with Gasteiger partial charge in [-0.3, -0.25) is 9.78 Å². The van der Waals surface area contributed by atoms with E-state index >= 15 is 0 Å². The van der Waals surface area contributed by atoms with Gasteiger partial charge in [-0.25, -0.2) is 0 Å².